The molecule has 0 aliphatic heterocycles. The number of nitrogens with two attached hydrogens (primary N) is 1. The quantitative estimate of drug-likeness (QED) is 0.798. The smallest absolute Gasteiger partial charge is 0.302 e. The van der Waals surface area contributed by atoms with Gasteiger partial charge in [-0.15, -0.1) is 0 Å². The standard InChI is InChI=1S/C16H19N3O3/c1-7-11-13(19-15(17)18-7)10-5-9(22-8(2)20)6-16(3,4)12(10)14(11)21/h9H,5-6H2,1-4H3,(H2,17,18,19)/t9-/m0/s1. The Bertz CT molecular complexity index is 734. The van der Waals surface area contributed by atoms with Crippen LogP contribution in [0.15, 0.2) is 5.57 Å². The van der Waals surface area contributed by atoms with Gasteiger partial charge in [0.1, 0.15) is 6.10 Å². The maximum absolute atomic E-state index is 12.8. The van der Waals surface area contributed by atoms with E-state index in [1.165, 1.54) is 6.92 Å². The highest BCUT2D eigenvalue weighted by Gasteiger charge is 2.46. The van der Waals surface area contributed by atoms with Crippen LogP contribution in [0, 0.1) is 12.3 Å². The van der Waals surface area contributed by atoms with Crippen molar-refractivity contribution in [2.75, 3.05) is 5.73 Å². The highest BCUT2D eigenvalue weighted by atomic mass is 16.5. The third-order valence-corrected chi connectivity index (χ3v) is 4.33. The highest BCUT2D eigenvalue weighted by molar-refractivity contribution is 6.21. The zero-order chi connectivity index (χ0) is 16.2. The lowest BCUT2D eigenvalue weighted by molar-refractivity contribution is -0.147. The SMILES string of the molecule is CC(=O)O[C@H]1CC2=C(C(=O)c3c(C)nc(N)nc32)C(C)(C)C1. The molecule has 0 saturated heterocycles. The Kier molecular flexibility index (Phi) is 3.09. The molecule has 0 saturated carbocycles. The Balaban J connectivity index is 2.14. The van der Waals surface area contributed by atoms with Crippen molar-refractivity contribution in [2.24, 2.45) is 5.41 Å². The van der Waals surface area contributed by atoms with Crippen LogP contribution in [0.1, 0.15) is 55.4 Å². The summed E-state index contributed by atoms with van der Waals surface area (Å²) in [5.41, 5.74) is 8.71. The van der Waals surface area contributed by atoms with Gasteiger partial charge in [-0.3, -0.25) is 9.59 Å². The minimum Gasteiger partial charge on any atom is -0.462 e. The van der Waals surface area contributed by atoms with Crippen molar-refractivity contribution >= 4 is 23.3 Å². The van der Waals surface area contributed by atoms with Gasteiger partial charge in [0.15, 0.2) is 5.78 Å². The van der Waals surface area contributed by atoms with Crippen LogP contribution in [0.3, 0.4) is 0 Å². The van der Waals surface area contributed by atoms with Gasteiger partial charge in [0.2, 0.25) is 5.95 Å². The van der Waals surface area contributed by atoms with E-state index in [2.05, 4.69) is 9.97 Å². The van der Waals surface area contributed by atoms with Crippen LogP contribution in [0.5, 0.6) is 0 Å². The predicted molar refractivity (Wildman–Crippen MR) is 81.0 cm³/mol. The van der Waals surface area contributed by atoms with Crippen LogP contribution in [0.2, 0.25) is 0 Å². The number of fused-ring (bicyclic) bond motifs is 2. The van der Waals surface area contributed by atoms with Crippen molar-refractivity contribution in [3.63, 3.8) is 0 Å². The van der Waals surface area contributed by atoms with Crippen LogP contribution < -0.4 is 5.73 Å². The first-order valence-corrected chi connectivity index (χ1v) is 7.30. The molecule has 1 aromatic heterocycles. The Morgan fingerprint density at radius 1 is 1.36 bits per heavy atom. The van der Waals surface area contributed by atoms with Crippen molar-refractivity contribution in [3.8, 4) is 0 Å². The Labute approximate surface area is 128 Å². The summed E-state index contributed by atoms with van der Waals surface area (Å²) in [4.78, 5) is 32.5. The summed E-state index contributed by atoms with van der Waals surface area (Å²) in [6.07, 6.45) is 0.863. The van der Waals surface area contributed by atoms with Gasteiger partial charge in [0, 0.05) is 18.9 Å². The first kappa shape index (κ1) is 14.7. The molecule has 0 aromatic carbocycles. The number of Topliss-reactive ketones (excluding diaryl/α,β-unsaturated/α-hetero) is 1. The fourth-order valence-corrected chi connectivity index (χ4v) is 3.67. The number of rotatable bonds is 1. The molecule has 2 aliphatic carbocycles. The second-order valence-corrected chi connectivity index (χ2v) is 6.60. The summed E-state index contributed by atoms with van der Waals surface area (Å²) >= 11 is 0. The highest BCUT2D eigenvalue weighted by Crippen LogP contribution is 2.50. The number of nitrogen functional groups attached to an aromatic ring is 1. The topological polar surface area (TPSA) is 95.2 Å². The molecule has 0 unspecified atom stereocenters. The number of hydrogen-bond donors (Lipinski definition) is 1. The van der Waals surface area contributed by atoms with E-state index in [-0.39, 0.29) is 29.2 Å². The second kappa shape index (κ2) is 4.63. The van der Waals surface area contributed by atoms with Crippen molar-refractivity contribution in [3.05, 3.63) is 22.5 Å². The van der Waals surface area contributed by atoms with Crippen LogP contribution in [-0.4, -0.2) is 27.8 Å². The van der Waals surface area contributed by atoms with Gasteiger partial charge in [0.25, 0.3) is 0 Å². The van der Waals surface area contributed by atoms with Gasteiger partial charge in [-0.2, -0.15) is 0 Å². The fourth-order valence-electron chi connectivity index (χ4n) is 3.67. The van der Waals surface area contributed by atoms with Crippen molar-refractivity contribution in [2.45, 2.75) is 46.6 Å². The molecular formula is C16H19N3O3. The third-order valence-electron chi connectivity index (χ3n) is 4.33. The molecule has 2 aliphatic rings. The largest absolute Gasteiger partial charge is 0.462 e. The molecule has 6 nitrogen and oxygen atoms in total. The van der Waals surface area contributed by atoms with Crippen LogP contribution >= 0.6 is 0 Å². The molecule has 3 rings (SSSR count). The first-order valence-electron chi connectivity index (χ1n) is 7.30. The predicted octanol–water partition coefficient (Wildman–Crippen LogP) is 2.07. The summed E-state index contributed by atoms with van der Waals surface area (Å²) in [7, 11) is 0. The number of aromatic nitrogens is 2. The molecule has 22 heavy (non-hydrogen) atoms. The van der Waals surface area contributed by atoms with E-state index >= 15 is 0 Å². The molecule has 1 heterocycles. The number of allylic oxidation sites excluding steroid dienone is 1. The summed E-state index contributed by atoms with van der Waals surface area (Å²) in [5, 5.41) is 0. The Hall–Kier alpha value is -2.24. The van der Waals surface area contributed by atoms with Crippen LogP contribution in [0.4, 0.5) is 5.95 Å². The maximum Gasteiger partial charge on any atom is 0.302 e. The van der Waals surface area contributed by atoms with E-state index in [0.29, 0.717) is 29.8 Å². The number of ether oxygens (including phenoxy) is 1. The molecule has 2 N–H and O–H groups in total. The lowest BCUT2D eigenvalue weighted by atomic mass is 9.71. The van der Waals surface area contributed by atoms with Crippen LogP contribution in [-0.2, 0) is 9.53 Å². The van der Waals surface area contributed by atoms with Gasteiger partial charge in [-0.05, 0) is 24.3 Å². The number of aryl methyl sites for hydroxylation is 1. The van der Waals surface area contributed by atoms with Crippen molar-refractivity contribution < 1.29 is 14.3 Å². The van der Waals surface area contributed by atoms with E-state index in [0.717, 1.165) is 11.1 Å². The van der Waals surface area contributed by atoms with E-state index in [4.69, 9.17) is 10.5 Å². The van der Waals surface area contributed by atoms with Crippen molar-refractivity contribution in [1.82, 2.24) is 9.97 Å². The monoisotopic (exact) mass is 301 g/mol. The molecule has 0 amide bonds. The molecular weight excluding hydrogens is 282 g/mol. The van der Waals surface area contributed by atoms with E-state index < -0.39 is 0 Å². The number of anilines is 1. The number of hydrogen-bond acceptors (Lipinski definition) is 6. The number of nitrogens with zero attached hydrogens (tertiary/aromatic N) is 2. The van der Waals surface area contributed by atoms with Gasteiger partial charge in [-0.25, -0.2) is 9.97 Å². The van der Waals surface area contributed by atoms with E-state index in [1.54, 1.807) is 6.92 Å². The lowest BCUT2D eigenvalue weighted by Crippen LogP contribution is -2.32. The number of carbonyl (C=O) groups excluding carboxylic acids is 2. The maximum atomic E-state index is 12.8. The summed E-state index contributed by atoms with van der Waals surface area (Å²) in [5.74, 6) is -0.174. The van der Waals surface area contributed by atoms with E-state index in [9.17, 15) is 9.59 Å². The normalized spacial score (nSPS) is 22.4. The third kappa shape index (κ3) is 2.10. The molecule has 0 radical (unpaired) electrons. The summed E-state index contributed by atoms with van der Waals surface area (Å²) < 4.78 is 5.39. The Morgan fingerprint density at radius 2 is 2.05 bits per heavy atom. The average molecular weight is 301 g/mol. The van der Waals surface area contributed by atoms with Gasteiger partial charge in [0.05, 0.1) is 17.0 Å². The minimum absolute atomic E-state index is 0.0197. The number of carbonyl (C=O) groups is 2. The molecule has 1 aromatic rings. The van der Waals surface area contributed by atoms with E-state index in [1.807, 2.05) is 13.8 Å². The minimum atomic E-state index is -0.382. The second-order valence-electron chi connectivity index (χ2n) is 6.60. The number of esters is 1. The molecule has 0 bridgehead atoms. The molecule has 0 fully saturated rings. The van der Waals surface area contributed by atoms with Crippen LogP contribution in [0.25, 0.3) is 5.57 Å². The Morgan fingerprint density at radius 3 is 2.68 bits per heavy atom. The average Bonchev–Trinajstić information content (AvgIpc) is 2.61. The summed E-state index contributed by atoms with van der Waals surface area (Å²) in [6, 6.07) is 0. The number of ketones is 1. The van der Waals surface area contributed by atoms with Gasteiger partial charge < -0.3 is 10.5 Å². The van der Waals surface area contributed by atoms with Crippen molar-refractivity contribution in [1.29, 1.82) is 0 Å². The molecule has 0 spiro atoms. The summed E-state index contributed by atoms with van der Waals surface area (Å²) in [6.45, 7) is 7.15. The molecule has 6 heteroatoms. The van der Waals surface area contributed by atoms with Gasteiger partial charge >= 0.3 is 5.97 Å². The molecule has 116 valence electrons. The fraction of sp³-hybridized carbons (Fsp3) is 0.500. The van der Waals surface area contributed by atoms with Gasteiger partial charge in [-0.1, -0.05) is 13.8 Å². The first-order chi connectivity index (χ1) is 10.2. The zero-order valence-corrected chi connectivity index (χ0v) is 13.2. The zero-order valence-electron chi connectivity index (χ0n) is 13.2. The lowest BCUT2D eigenvalue weighted by Gasteiger charge is -2.35. The molecule has 1 atom stereocenters.